The van der Waals surface area contributed by atoms with Gasteiger partial charge >= 0.3 is 0 Å². The Morgan fingerprint density at radius 3 is 3.14 bits per heavy atom. The fourth-order valence-corrected chi connectivity index (χ4v) is 1.83. The summed E-state index contributed by atoms with van der Waals surface area (Å²) >= 11 is 6.02. The maximum atomic E-state index is 6.02. The van der Waals surface area contributed by atoms with Gasteiger partial charge in [-0.05, 0) is 31.6 Å². The molecule has 1 aromatic heterocycles. The number of benzene rings is 1. The molecule has 0 fully saturated rings. The number of nitrogens with zero attached hydrogens (tertiary/aromatic N) is 1. The molecular formula is C10H12ClN3. The van der Waals surface area contributed by atoms with Gasteiger partial charge in [-0.1, -0.05) is 23.7 Å². The summed E-state index contributed by atoms with van der Waals surface area (Å²) in [6, 6.07) is 6.05. The quantitative estimate of drug-likeness (QED) is 0.812. The summed E-state index contributed by atoms with van der Waals surface area (Å²) in [7, 11) is 1.94. The number of hydrogen-bond acceptors (Lipinski definition) is 2. The second kappa shape index (κ2) is 3.98. The first kappa shape index (κ1) is 9.49. The smallest absolute Gasteiger partial charge is 0.132 e. The summed E-state index contributed by atoms with van der Waals surface area (Å²) < 4.78 is 0. The van der Waals surface area contributed by atoms with Crippen LogP contribution in [0.2, 0.25) is 5.15 Å². The summed E-state index contributed by atoms with van der Waals surface area (Å²) in [5.41, 5.74) is 2.17. The van der Waals surface area contributed by atoms with Crippen molar-refractivity contribution < 1.29 is 0 Å². The van der Waals surface area contributed by atoms with Crippen molar-refractivity contribution in [1.82, 2.24) is 15.5 Å². The van der Waals surface area contributed by atoms with Gasteiger partial charge in [-0.2, -0.15) is 5.10 Å². The van der Waals surface area contributed by atoms with Crippen molar-refractivity contribution in [3.05, 3.63) is 28.9 Å². The molecule has 1 aromatic carbocycles. The summed E-state index contributed by atoms with van der Waals surface area (Å²) in [6.45, 7) is 0.945. The molecule has 0 aliphatic carbocycles. The lowest BCUT2D eigenvalue weighted by molar-refractivity contribution is 0.795. The summed E-state index contributed by atoms with van der Waals surface area (Å²) in [5, 5.41) is 11.7. The maximum absolute atomic E-state index is 6.02. The van der Waals surface area contributed by atoms with Crippen LogP contribution in [0.15, 0.2) is 18.2 Å². The van der Waals surface area contributed by atoms with Crippen molar-refractivity contribution in [2.45, 2.75) is 6.42 Å². The molecule has 2 aromatic rings. The molecule has 0 bridgehead atoms. The van der Waals surface area contributed by atoms with Gasteiger partial charge in [-0.25, -0.2) is 0 Å². The van der Waals surface area contributed by atoms with Crippen molar-refractivity contribution >= 4 is 22.5 Å². The van der Waals surface area contributed by atoms with Crippen LogP contribution in [0.25, 0.3) is 10.9 Å². The van der Waals surface area contributed by atoms with Crippen LogP contribution < -0.4 is 5.32 Å². The number of halogens is 1. The van der Waals surface area contributed by atoms with Gasteiger partial charge in [-0.3, -0.25) is 5.10 Å². The molecule has 0 saturated heterocycles. The van der Waals surface area contributed by atoms with Gasteiger partial charge in [0.25, 0.3) is 0 Å². The van der Waals surface area contributed by atoms with Gasteiger partial charge in [0, 0.05) is 5.39 Å². The number of rotatable bonds is 3. The Labute approximate surface area is 87.5 Å². The van der Waals surface area contributed by atoms with Crippen molar-refractivity contribution in [2.75, 3.05) is 13.6 Å². The number of H-pyrrole nitrogens is 1. The van der Waals surface area contributed by atoms with Crippen LogP contribution in [0.1, 0.15) is 5.56 Å². The fraction of sp³-hybridized carbons (Fsp3) is 0.300. The van der Waals surface area contributed by atoms with E-state index in [-0.39, 0.29) is 0 Å². The highest BCUT2D eigenvalue weighted by Crippen LogP contribution is 2.24. The Morgan fingerprint density at radius 1 is 1.50 bits per heavy atom. The Kier molecular flexibility index (Phi) is 2.70. The molecule has 0 aliphatic heterocycles. The first-order valence-electron chi connectivity index (χ1n) is 4.59. The largest absolute Gasteiger partial charge is 0.319 e. The number of nitrogens with one attached hydrogen (secondary N) is 2. The monoisotopic (exact) mass is 209 g/mol. The zero-order chi connectivity index (χ0) is 9.97. The first-order valence-corrected chi connectivity index (χ1v) is 4.97. The predicted octanol–water partition coefficient (Wildman–Crippen LogP) is 1.98. The van der Waals surface area contributed by atoms with Gasteiger partial charge in [0.2, 0.25) is 0 Å². The minimum atomic E-state index is 0.631. The van der Waals surface area contributed by atoms with Crippen LogP contribution in [0.5, 0.6) is 0 Å². The van der Waals surface area contributed by atoms with Crippen LogP contribution in [0, 0.1) is 0 Å². The molecule has 1 heterocycles. The van der Waals surface area contributed by atoms with Crippen LogP contribution in [-0.4, -0.2) is 23.8 Å². The zero-order valence-electron chi connectivity index (χ0n) is 7.97. The van der Waals surface area contributed by atoms with Crippen LogP contribution in [0.3, 0.4) is 0 Å². The third-order valence-electron chi connectivity index (χ3n) is 2.27. The average Bonchev–Trinajstić information content (AvgIpc) is 2.58. The minimum absolute atomic E-state index is 0.631. The van der Waals surface area contributed by atoms with E-state index in [1.54, 1.807) is 0 Å². The molecule has 0 atom stereocenters. The van der Waals surface area contributed by atoms with E-state index in [1.807, 2.05) is 19.2 Å². The maximum Gasteiger partial charge on any atom is 0.132 e. The molecule has 0 radical (unpaired) electrons. The first-order chi connectivity index (χ1) is 6.83. The molecular weight excluding hydrogens is 198 g/mol. The summed E-state index contributed by atoms with van der Waals surface area (Å²) in [6.07, 6.45) is 0.965. The molecule has 0 spiro atoms. The highest BCUT2D eigenvalue weighted by Gasteiger charge is 2.06. The third kappa shape index (κ3) is 1.61. The number of hydrogen-bond donors (Lipinski definition) is 2. The lowest BCUT2D eigenvalue weighted by atomic mass is 10.1. The zero-order valence-corrected chi connectivity index (χ0v) is 8.73. The van der Waals surface area contributed by atoms with Crippen LogP contribution >= 0.6 is 11.6 Å². The Morgan fingerprint density at radius 2 is 2.36 bits per heavy atom. The molecule has 2 rings (SSSR count). The number of aromatic amines is 1. The third-order valence-corrected chi connectivity index (χ3v) is 2.54. The number of fused-ring (bicyclic) bond motifs is 1. The molecule has 0 saturated carbocycles. The van der Waals surface area contributed by atoms with Gasteiger partial charge in [0.1, 0.15) is 5.15 Å². The molecule has 0 amide bonds. The van der Waals surface area contributed by atoms with E-state index in [0.717, 1.165) is 23.9 Å². The van der Waals surface area contributed by atoms with E-state index in [2.05, 4.69) is 21.6 Å². The van der Waals surface area contributed by atoms with E-state index in [9.17, 15) is 0 Å². The van der Waals surface area contributed by atoms with Gasteiger partial charge in [-0.15, -0.1) is 0 Å². The molecule has 74 valence electrons. The minimum Gasteiger partial charge on any atom is -0.319 e. The molecule has 0 unspecified atom stereocenters. The van der Waals surface area contributed by atoms with E-state index in [1.165, 1.54) is 5.56 Å². The summed E-state index contributed by atoms with van der Waals surface area (Å²) in [5.74, 6) is 0. The Hall–Kier alpha value is -1.06. The van der Waals surface area contributed by atoms with Crippen molar-refractivity contribution in [3.8, 4) is 0 Å². The average molecular weight is 210 g/mol. The van der Waals surface area contributed by atoms with E-state index in [4.69, 9.17) is 11.6 Å². The van der Waals surface area contributed by atoms with Crippen LogP contribution in [0.4, 0.5) is 0 Å². The van der Waals surface area contributed by atoms with Crippen molar-refractivity contribution in [2.24, 2.45) is 0 Å². The van der Waals surface area contributed by atoms with Crippen molar-refractivity contribution in [3.63, 3.8) is 0 Å². The molecule has 14 heavy (non-hydrogen) atoms. The summed E-state index contributed by atoms with van der Waals surface area (Å²) in [4.78, 5) is 0. The Balaban J connectivity index is 2.46. The molecule has 2 N–H and O–H groups in total. The Bertz CT molecular complexity index is 436. The second-order valence-corrected chi connectivity index (χ2v) is 3.58. The van der Waals surface area contributed by atoms with E-state index >= 15 is 0 Å². The number of aromatic nitrogens is 2. The molecule has 4 heteroatoms. The lowest BCUT2D eigenvalue weighted by Crippen LogP contribution is -2.10. The van der Waals surface area contributed by atoms with E-state index in [0.29, 0.717) is 5.15 Å². The lowest BCUT2D eigenvalue weighted by Gasteiger charge is -2.01. The van der Waals surface area contributed by atoms with Crippen molar-refractivity contribution in [1.29, 1.82) is 0 Å². The van der Waals surface area contributed by atoms with Gasteiger partial charge in [0.05, 0.1) is 5.52 Å². The molecule has 3 nitrogen and oxygen atoms in total. The molecule has 0 aliphatic rings. The fourth-order valence-electron chi connectivity index (χ4n) is 1.57. The standard InChI is InChI=1S/C10H12ClN3/c1-12-6-5-7-3-2-4-8-9(7)10(11)14-13-8/h2-4,12H,5-6H2,1H3,(H,13,14). The topological polar surface area (TPSA) is 40.7 Å². The van der Waals surface area contributed by atoms with Gasteiger partial charge < -0.3 is 5.32 Å². The predicted molar refractivity (Wildman–Crippen MR) is 58.7 cm³/mol. The highest BCUT2D eigenvalue weighted by molar-refractivity contribution is 6.34. The second-order valence-electron chi connectivity index (χ2n) is 3.20. The van der Waals surface area contributed by atoms with E-state index < -0.39 is 0 Å². The SMILES string of the molecule is CNCCc1cccc2n[nH]c(Cl)c12. The highest BCUT2D eigenvalue weighted by atomic mass is 35.5. The normalized spacial score (nSPS) is 11.0. The van der Waals surface area contributed by atoms with Crippen LogP contribution in [-0.2, 0) is 6.42 Å². The van der Waals surface area contributed by atoms with Gasteiger partial charge in [0.15, 0.2) is 0 Å². The number of likely N-dealkylation sites (N-methyl/N-ethyl adjacent to an activating group) is 1.